The number of hydrogen-bond donors (Lipinski definition) is 4. The molecular weight excluding hydrogens is 879 g/mol. The third kappa shape index (κ3) is 11.3. The Morgan fingerprint density at radius 1 is 0.574 bits per heavy atom. The molecule has 16 heteroatoms. The van der Waals surface area contributed by atoms with Crippen LogP contribution in [0.3, 0.4) is 0 Å². The highest BCUT2D eigenvalue weighted by molar-refractivity contribution is 6.91. The van der Waals surface area contributed by atoms with E-state index in [2.05, 4.69) is 95.5 Å². The maximum Gasteiger partial charge on any atom is 0.407 e. The van der Waals surface area contributed by atoms with E-state index in [-0.39, 0.29) is 47.5 Å². The SMILES string of the molecule is CC[Si](CC)(CC)c1ccc(N2[C@@H](c3ccc(NC(=O)[C@@H]4CCCN4C(=O)[C@@H](NC(=O)OC)C(C)C)cc3)CC[C@@H]2c2ccc(NC(=O)[C@@H]3CCCN3C(=O)[C@@H](NC(=O)OC)C(C)C)cc2)cc1. The Balaban J connectivity index is 1.20. The molecule has 0 bridgehead atoms. The van der Waals surface area contributed by atoms with Gasteiger partial charge in [0.2, 0.25) is 23.6 Å². The van der Waals surface area contributed by atoms with Gasteiger partial charge in [-0.3, -0.25) is 19.2 Å². The van der Waals surface area contributed by atoms with Crippen molar-refractivity contribution in [3.05, 3.63) is 83.9 Å². The average Bonchev–Trinajstić information content (AvgIpc) is 4.15. The molecule has 4 N–H and O–H groups in total. The lowest BCUT2D eigenvalue weighted by atomic mass is 10.0. The summed E-state index contributed by atoms with van der Waals surface area (Å²) in [5, 5.41) is 12.9. The molecule has 0 aromatic heterocycles. The van der Waals surface area contributed by atoms with E-state index in [4.69, 9.17) is 9.47 Å². The van der Waals surface area contributed by atoms with Gasteiger partial charge >= 0.3 is 12.2 Å². The molecule has 15 nitrogen and oxygen atoms in total. The van der Waals surface area contributed by atoms with Crippen LogP contribution in [-0.4, -0.2) is 105 Å². The van der Waals surface area contributed by atoms with Crippen molar-refractivity contribution in [1.29, 1.82) is 0 Å². The zero-order valence-corrected chi connectivity index (χ0v) is 42.4. The molecule has 6 amide bonds. The molecular formula is C52H73N7O8Si. The summed E-state index contributed by atoms with van der Waals surface area (Å²) in [5.74, 6) is -1.53. The lowest BCUT2D eigenvalue weighted by molar-refractivity contribution is -0.139. The third-order valence-corrected chi connectivity index (χ3v) is 20.4. The van der Waals surface area contributed by atoms with Crippen molar-refractivity contribution >= 4 is 66.1 Å². The van der Waals surface area contributed by atoms with E-state index in [9.17, 15) is 28.8 Å². The molecule has 0 spiro atoms. The van der Waals surface area contributed by atoms with Crippen LogP contribution in [0.15, 0.2) is 72.8 Å². The van der Waals surface area contributed by atoms with Crippen LogP contribution < -0.4 is 31.4 Å². The number of hydrogen-bond acceptors (Lipinski definition) is 9. The van der Waals surface area contributed by atoms with Gasteiger partial charge in [-0.15, -0.1) is 0 Å². The van der Waals surface area contributed by atoms with E-state index in [1.807, 2.05) is 52.0 Å². The van der Waals surface area contributed by atoms with Crippen molar-refractivity contribution < 1.29 is 38.2 Å². The first-order valence-electron chi connectivity index (χ1n) is 24.6. The predicted octanol–water partition coefficient (Wildman–Crippen LogP) is 8.11. The lowest BCUT2D eigenvalue weighted by Crippen LogP contribution is -2.54. The molecule has 6 rings (SSSR count). The molecule has 0 radical (unpaired) electrons. The first-order valence-corrected chi connectivity index (χ1v) is 27.2. The van der Waals surface area contributed by atoms with Gasteiger partial charge in [0.15, 0.2) is 0 Å². The summed E-state index contributed by atoms with van der Waals surface area (Å²) in [4.78, 5) is 84.5. The maximum atomic E-state index is 13.7. The smallest absolute Gasteiger partial charge is 0.407 e. The summed E-state index contributed by atoms with van der Waals surface area (Å²) in [6.45, 7) is 15.2. The van der Waals surface area contributed by atoms with Crippen LogP contribution in [0.1, 0.15) is 110 Å². The Kier molecular flexibility index (Phi) is 17.4. The molecule has 0 aliphatic carbocycles. The van der Waals surface area contributed by atoms with Gasteiger partial charge in [-0.1, -0.05) is 108 Å². The van der Waals surface area contributed by atoms with Crippen LogP contribution in [0, 0.1) is 11.8 Å². The monoisotopic (exact) mass is 952 g/mol. The van der Waals surface area contributed by atoms with Crippen molar-refractivity contribution in [3.63, 3.8) is 0 Å². The van der Waals surface area contributed by atoms with Gasteiger partial charge in [0.1, 0.15) is 24.2 Å². The number of alkyl carbamates (subject to hydrolysis) is 2. The fraction of sp³-hybridized carbons (Fsp3) is 0.538. The van der Waals surface area contributed by atoms with Crippen molar-refractivity contribution in [1.82, 2.24) is 20.4 Å². The summed E-state index contributed by atoms with van der Waals surface area (Å²) in [5.41, 5.74) is 4.62. The van der Waals surface area contributed by atoms with Gasteiger partial charge in [0, 0.05) is 30.2 Å². The summed E-state index contributed by atoms with van der Waals surface area (Å²) in [7, 11) is 0.900. The van der Waals surface area contributed by atoms with Crippen LogP contribution in [0.2, 0.25) is 18.1 Å². The predicted molar refractivity (Wildman–Crippen MR) is 268 cm³/mol. The van der Waals surface area contributed by atoms with Gasteiger partial charge in [-0.2, -0.15) is 0 Å². The number of carbonyl (C=O) groups is 6. The molecule has 368 valence electrons. The summed E-state index contributed by atoms with van der Waals surface area (Å²) in [6, 6.07) is 26.0. The van der Waals surface area contributed by atoms with Crippen LogP contribution in [-0.2, 0) is 28.7 Å². The fourth-order valence-electron chi connectivity index (χ4n) is 10.6. The molecule has 0 unspecified atom stereocenters. The highest BCUT2D eigenvalue weighted by atomic mass is 28.3. The molecule has 3 heterocycles. The number of amides is 6. The number of methoxy groups -OCH3 is 2. The van der Waals surface area contributed by atoms with E-state index in [0.717, 1.165) is 29.7 Å². The first kappa shape index (κ1) is 51.5. The Labute approximate surface area is 403 Å². The third-order valence-electron chi connectivity index (χ3n) is 14.8. The second-order valence-corrected chi connectivity index (χ2v) is 24.5. The first-order chi connectivity index (χ1) is 32.6. The van der Waals surface area contributed by atoms with Crippen molar-refractivity contribution in [2.45, 2.75) is 141 Å². The number of anilines is 3. The molecule has 3 fully saturated rings. The molecule has 3 aromatic rings. The number of ether oxygens (including phenoxy) is 2. The molecule has 3 saturated heterocycles. The molecule has 68 heavy (non-hydrogen) atoms. The molecule has 6 atom stereocenters. The number of rotatable bonds is 17. The van der Waals surface area contributed by atoms with Gasteiger partial charge in [-0.05, 0) is 97.9 Å². The van der Waals surface area contributed by atoms with Gasteiger partial charge in [0.05, 0.1) is 34.4 Å². The average molecular weight is 952 g/mol. The zero-order valence-electron chi connectivity index (χ0n) is 41.4. The zero-order chi connectivity index (χ0) is 49.3. The van der Waals surface area contributed by atoms with Gasteiger partial charge < -0.3 is 45.4 Å². The van der Waals surface area contributed by atoms with E-state index in [1.54, 1.807) is 9.80 Å². The quantitative estimate of drug-likeness (QED) is 0.0974. The standard InChI is InChI=1S/C52H73N7O8Si/c1-10-68(11-2,12-3)40-27-25-39(26-28-40)59-41(35-17-21-37(22-18-35)53-47(60)43-15-13-31-57(43)49(62)45(33(4)5)55-51(64)66-8)29-30-42(59)36-19-23-38(24-20-36)54-48(61)44-16-14-32-58(44)50(63)46(34(6)7)56-52(65)67-9/h17-28,33-34,41-46H,10-16,29-32H2,1-9H3,(H,53,60)(H,54,61)(H,55,64)(H,56,65)/t41-,42-,43+,44+,45+,46+/m1/s1. The lowest BCUT2D eigenvalue weighted by Gasteiger charge is -2.35. The van der Waals surface area contributed by atoms with Crippen molar-refractivity contribution in [2.75, 3.05) is 42.8 Å². The Hall–Kier alpha value is -5.90. The van der Waals surface area contributed by atoms with Gasteiger partial charge in [-0.25, -0.2) is 9.59 Å². The van der Waals surface area contributed by atoms with E-state index in [1.165, 1.54) is 37.5 Å². The Bertz CT molecular complexity index is 2100. The molecule has 0 saturated carbocycles. The van der Waals surface area contributed by atoms with Crippen molar-refractivity contribution in [3.8, 4) is 0 Å². The maximum absolute atomic E-state index is 13.7. The summed E-state index contributed by atoms with van der Waals surface area (Å²) < 4.78 is 9.51. The van der Waals surface area contributed by atoms with Crippen LogP contribution in [0.4, 0.5) is 26.7 Å². The molecule has 3 aromatic carbocycles. The van der Waals surface area contributed by atoms with E-state index >= 15 is 0 Å². The molecule has 3 aliphatic rings. The largest absolute Gasteiger partial charge is 0.453 e. The van der Waals surface area contributed by atoms with Gasteiger partial charge in [0.25, 0.3) is 0 Å². The highest BCUT2D eigenvalue weighted by Gasteiger charge is 2.41. The highest BCUT2D eigenvalue weighted by Crippen LogP contribution is 2.47. The Morgan fingerprint density at radius 3 is 1.29 bits per heavy atom. The fourth-order valence-corrected chi connectivity index (χ4v) is 14.2. The molecule has 3 aliphatic heterocycles. The number of carbonyl (C=O) groups excluding carboxylic acids is 6. The summed E-state index contributed by atoms with van der Waals surface area (Å²) in [6.07, 6.45) is 2.81. The van der Waals surface area contributed by atoms with Crippen LogP contribution >= 0.6 is 0 Å². The number of nitrogens with zero attached hydrogens (tertiary/aromatic N) is 3. The number of nitrogens with one attached hydrogen (secondary N) is 4. The summed E-state index contributed by atoms with van der Waals surface area (Å²) >= 11 is 0. The second-order valence-electron chi connectivity index (χ2n) is 19.2. The van der Waals surface area contributed by atoms with Crippen molar-refractivity contribution in [2.24, 2.45) is 11.8 Å². The second kappa shape index (κ2) is 22.9. The minimum absolute atomic E-state index is 0.0351. The minimum atomic E-state index is -1.61. The van der Waals surface area contributed by atoms with Crippen LogP contribution in [0.5, 0.6) is 0 Å². The normalized spacial score (nSPS) is 20.2. The number of likely N-dealkylation sites (tertiary alicyclic amines) is 2. The van der Waals surface area contributed by atoms with E-state index in [0.29, 0.717) is 50.1 Å². The topological polar surface area (TPSA) is 179 Å². The minimum Gasteiger partial charge on any atom is -0.453 e. The van der Waals surface area contributed by atoms with E-state index < -0.39 is 44.4 Å². The van der Waals surface area contributed by atoms with Crippen LogP contribution in [0.25, 0.3) is 0 Å². The number of benzene rings is 3. The Morgan fingerprint density at radius 2 is 0.956 bits per heavy atom.